The van der Waals surface area contributed by atoms with Gasteiger partial charge in [0.2, 0.25) is 0 Å². The summed E-state index contributed by atoms with van der Waals surface area (Å²) in [7, 11) is 0. The van der Waals surface area contributed by atoms with Crippen molar-refractivity contribution in [3.05, 3.63) is 85.7 Å². The van der Waals surface area contributed by atoms with Crippen LogP contribution in [0.5, 0.6) is 11.5 Å². The Labute approximate surface area is 247 Å². The van der Waals surface area contributed by atoms with E-state index < -0.39 is 29.6 Å². The lowest BCUT2D eigenvalue weighted by molar-refractivity contribution is -0.122. The number of ether oxygens (including phenoxy) is 2. The SMILES string of the molecule is CCOc1cc(/C=C2\C(=O)NC(=O)N(c3ccc(C)c(Cl)c3)C2=O)cc(I)c1OCC(=O)Nc1ccc(F)cc1. The first kappa shape index (κ1) is 29.0. The summed E-state index contributed by atoms with van der Waals surface area (Å²) in [6.45, 7) is 3.45. The van der Waals surface area contributed by atoms with Crippen molar-refractivity contribution >= 4 is 75.4 Å². The molecule has 0 bridgehead atoms. The molecule has 3 aromatic rings. The van der Waals surface area contributed by atoms with Crippen LogP contribution in [0.15, 0.2) is 60.2 Å². The van der Waals surface area contributed by atoms with E-state index in [9.17, 15) is 23.6 Å². The monoisotopic (exact) mass is 677 g/mol. The lowest BCUT2D eigenvalue weighted by atomic mass is 10.1. The van der Waals surface area contributed by atoms with Crippen LogP contribution < -0.4 is 25.0 Å². The Morgan fingerprint density at radius 3 is 2.50 bits per heavy atom. The third-order valence-electron chi connectivity index (χ3n) is 5.63. The van der Waals surface area contributed by atoms with Gasteiger partial charge in [0.25, 0.3) is 17.7 Å². The number of imide groups is 2. The van der Waals surface area contributed by atoms with E-state index in [0.717, 1.165) is 10.5 Å². The highest BCUT2D eigenvalue weighted by atomic mass is 127. The summed E-state index contributed by atoms with van der Waals surface area (Å²) in [4.78, 5) is 51.6. The lowest BCUT2D eigenvalue weighted by Crippen LogP contribution is -2.54. The fourth-order valence-electron chi connectivity index (χ4n) is 3.72. The first-order valence-corrected chi connectivity index (χ1v) is 13.3. The number of carbonyl (C=O) groups excluding carboxylic acids is 4. The summed E-state index contributed by atoms with van der Waals surface area (Å²) in [6, 6.07) is 12.3. The van der Waals surface area contributed by atoms with Crippen molar-refractivity contribution in [3.8, 4) is 11.5 Å². The number of hydrogen-bond acceptors (Lipinski definition) is 6. The van der Waals surface area contributed by atoms with E-state index in [4.69, 9.17) is 21.1 Å². The van der Waals surface area contributed by atoms with Gasteiger partial charge in [-0.1, -0.05) is 17.7 Å². The molecular formula is C28H22ClFIN3O6. The second-order valence-corrected chi connectivity index (χ2v) is 10.1. The normalized spacial score (nSPS) is 14.3. The number of hydrogen-bond donors (Lipinski definition) is 2. The van der Waals surface area contributed by atoms with Crippen molar-refractivity contribution in [2.75, 3.05) is 23.4 Å². The number of carbonyl (C=O) groups is 4. The number of nitrogens with one attached hydrogen (secondary N) is 2. The zero-order valence-electron chi connectivity index (χ0n) is 21.2. The van der Waals surface area contributed by atoms with Crippen LogP contribution in [0.4, 0.5) is 20.6 Å². The smallest absolute Gasteiger partial charge is 0.335 e. The number of halogens is 3. The van der Waals surface area contributed by atoms with Crippen molar-refractivity contribution in [1.29, 1.82) is 0 Å². The molecule has 0 spiro atoms. The van der Waals surface area contributed by atoms with Crippen LogP contribution in [0.2, 0.25) is 5.02 Å². The third kappa shape index (κ3) is 6.59. The van der Waals surface area contributed by atoms with Gasteiger partial charge in [-0.25, -0.2) is 14.1 Å². The number of rotatable bonds is 8. The molecule has 0 saturated carbocycles. The zero-order valence-corrected chi connectivity index (χ0v) is 24.1. The van der Waals surface area contributed by atoms with Crippen LogP contribution in [0, 0.1) is 16.3 Å². The van der Waals surface area contributed by atoms with Gasteiger partial charge in [0, 0.05) is 10.7 Å². The van der Waals surface area contributed by atoms with Crippen LogP contribution in [-0.4, -0.2) is 37.0 Å². The largest absolute Gasteiger partial charge is 0.490 e. The van der Waals surface area contributed by atoms with Gasteiger partial charge in [-0.3, -0.25) is 19.7 Å². The van der Waals surface area contributed by atoms with E-state index in [-0.39, 0.29) is 36.0 Å². The molecule has 12 heteroatoms. The topological polar surface area (TPSA) is 114 Å². The quantitative estimate of drug-likeness (QED) is 0.186. The minimum atomic E-state index is -0.890. The highest BCUT2D eigenvalue weighted by molar-refractivity contribution is 14.1. The summed E-state index contributed by atoms with van der Waals surface area (Å²) in [5.41, 5.74) is 1.53. The molecule has 4 rings (SSSR count). The molecule has 0 unspecified atom stereocenters. The third-order valence-corrected chi connectivity index (χ3v) is 6.84. The molecule has 2 N–H and O–H groups in total. The van der Waals surface area contributed by atoms with Gasteiger partial charge >= 0.3 is 6.03 Å². The first-order valence-electron chi connectivity index (χ1n) is 11.9. The lowest BCUT2D eigenvalue weighted by Gasteiger charge is -2.26. The maximum atomic E-state index is 13.3. The molecule has 1 aliphatic heterocycles. The van der Waals surface area contributed by atoms with E-state index in [1.54, 1.807) is 38.1 Å². The average molecular weight is 678 g/mol. The van der Waals surface area contributed by atoms with Crippen molar-refractivity contribution in [2.45, 2.75) is 13.8 Å². The van der Waals surface area contributed by atoms with Gasteiger partial charge in [0.05, 0.1) is 15.9 Å². The Balaban J connectivity index is 1.58. The number of aryl methyl sites for hydroxylation is 1. The highest BCUT2D eigenvalue weighted by Crippen LogP contribution is 2.35. The predicted octanol–water partition coefficient (Wildman–Crippen LogP) is 5.47. The maximum absolute atomic E-state index is 13.3. The molecule has 3 aromatic carbocycles. The molecule has 9 nitrogen and oxygen atoms in total. The fourth-order valence-corrected chi connectivity index (χ4v) is 4.68. The van der Waals surface area contributed by atoms with Crippen molar-refractivity contribution in [2.24, 2.45) is 0 Å². The van der Waals surface area contributed by atoms with Crippen LogP contribution in [0.1, 0.15) is 18.1 Å². The van der Waals surface area contributed by atoms with Crippen LogP contribution in [-0.2, 0) is 14.4 Å². The summed E-state index contributed by atoms with van der Waals surface area (Å²) in [6.07, 6.45) is 1.34. The Kier molecular flexibility index (Phi) is 9.05. The number of benzene rings is 3. The first-order chi connectivity index (χ1) is 19.1. The van der Waals surface area contributed by atoms with Crippen molar-refractivity contribution in [3.63, 3.8) is 0 Å². The summed E-state index contributed by atoms with van der Waals surface area (Å²) in [5.74, 6) is -2.01. The molecule has 0 radical (unpaired) electrons. The van der Waals surface area contributed by atoms with Gasteiger partial charge in [0.1, 0.15) is 11.4 Å². The summed E-state index contributed by atoms with van der Waals surface area (Å²) < 4.78 is 25.1. The van der Waals surface area contributed by atoms with Crippen molar-refractivity contribution in [1.82, 2.24) is 5.32 Å². The number of amides is 5. The molecule has 40 heavy (non-hydrogen) atoms. The Bertz CT molecular complexity index is 1540. The molecule has 0 aliphatic carbocycles. The molecule has 0 aromatic heterocycles. The minimum Gasteiger partial charge on any atom is -0.490 e. The standard InChI is InChI=1S/C28H22ClFIN3O6/c1-3-39-23-12-16(11-22(31)25(23)40-14-24(35)32-18-7-5-17(30)6-8-18)10-20-26(36)33-28(38)34(27(20)37)19-9-4-15(2)21(29)13-19/h4-13H,3,14H2,1-2H3,(H,32,35)(H,33,36,38)/b20-10+. The maximum Gasteiger partial charge on any atom is 0.335 e. The Hall–Kier alpha value is -3.97. The van der Waals surface area contributed by atoms with Crippen molar-refractivity contribution < 1.29 is 33.0 Å². The molecule has 1 heterocycles. The number of urea groups is 1. The second-order valence-electron chi connectivity index (χ2n) is 8.50. The highest BCUT2D eigenvalue weighted by Gasteiger charge is 2.37. The molecule has 1 fully saturated rings. The zero-order chi connectivity index (χ0) is 29.0. The minimum absolute atomic E-state index is 0.212. The summed E-state index contributed by atoms with van der Waals surface area (Å²) >= 11 is 8.16. The molecule has 0 atom stereocenters. The van der Waals surface area contributed by atoms with Gasteiger partial charge < -0.3 is 14.8 Å². The van der Waals surface area contributed by atoms with E-state index >= 15 is 0 Å². The van der Waals surface area contributed by atoms with Gasteiger partial charge in [-0.15, -0.1) is 0 Å². The van der Waals surface area contributed by atoms with E-state index in [2.05, 4.69) is 10.6 Å². The van der Waals surface area contributed by atoms with Gasteiger partial charge in [-0.2, -0.15) is 0 Å². The molecule has 206 valence electrons. The second kappa shape index (κ2) is 12.5. The van der Waals surface area contributed by atoms with Crippen LogP contribution in [0.25, 0.3) is 6.08 Å². The Morgan fingerprint density at radius 2 is 1.82 bits per heavy atom. The number of barbiturate groups is 1. The molecule has 5 amide bonds. The van der Waals surface area contributed by atoms with Gasteiger partial charge in [0.15, 0.2) is 18.1 Å². The molecule has 1 aliphatic rings. The fraction of sp³-hybridized carbons (Fsp3) is 0.143. The van der Waals surface area contributed by atoms with Crippen LogP contribution in [0.3, 0.4) is 0 Å². The predicted molar refractivity (Wildman–Crippen MR) is 156 cm³/mol. The average Bonchev–Trinajstić information content (AvgIpc) is 2.89. The number of nitrogens with zero attached hydrogens (tertiary/aromatic N) is 1. The van der Waals surface area contributed by atoms with E-state index in [1.165, 1.54) is 36.4 Å². The Morgan fingerprint density at radius 1 is 1.10 bits per heavy atom. The molecular weight excluding hydrogens is 656 g/mol. The van der Waals surface area contributed by atoms with Crippen LogP contribution >= 0.6 is 34.2 Å². The number of anilines is 2. The molecule has 1 saturated heterocycles. The van der Waals surface area contributed by atoms with E-state index in [0.29, 0.717) is 19.8 Å². The summed E-state index contributed by atoms with van der Waals surface area (Å²) in [5, 5.41) is 5.14. The van der Waals surface area contributed by atoms with Gasteiger partial charge in [-0.05, 0) is 102 Å². The van der Waals surface area contributed by atoms with E-state index in [1.807, 2.05) is 22.6 Å².